The Hall–Kier alpha value is -0.770. The van der Waals surface area contributed by atoms with Crippen LogP contribution in [0.15, 0.2) is 4.99 Å². The molecule has 3 rings (SSSR count). The molecule has 0 aromatic rings. The summed E-state index contributed by atoms with van der Waals surface area (Å²) < 4.78 is 0. The van der Waals surface area contributed by atoms with Crippen molar-refractivity contribution in [2.24, 2.45) is 28.6 Å². The monoisotopic (exact) mass is 236 g/mol. The summed E-state index contributed by atoms with van der Waals surface area (Å²) in [5.74, 6) is 9.10. The lowest BCUT2D eigenvalue weighted by molar-refractivity contribution is 0.277. The van der Waals surface area contributed by atoms with E-state index in [0.29, 0.717) is 12.1 Å². The molecule has 4 nitrogen and oxygen atoms in total. The SMILES string of the molecule is CC(NC(=NC1CC1)NN)C1CC2CCC1C2. The third-order valence-corrected chi connectivity index (χ3v) is 4.79. The van der Waals surface area contributed by atoms with Crippen LogP contribution in [0, 0.1) is 17.8 Å². The predicted octanol–water partition coefficient (Wildman–Crippen LogP) is 1.38. The Morgan fingerprint density at radius 1 is 1.24 bits per heavy atom. The summed E-state index contributed by atoms with van der Waals surface area (Å²) in [7, 11) is 0. The van der Waals surface area contributed by atoms with Crippen molar-refractivity contribution < 1.29 is 0 Å². The Morgan fingerprint density at radius 2 is 2.06 bits per heavy atom. The summed E-state index contributed by atoms with van der Waals surface area (Å²) in [4.78, 5) is 4.55. The van der Waals surface area contributed by atoms with Crippen molar-refractivity contribution in [2.75, 3.05) is 0 Å². The first-order valence-corrected chi connectivity index (χ1v) is 7.07. The number of aliphatic imine (C=N–C) groups is 1. The molecule has 4 atom stereocenters. The Bertz CT molecular complexity index is 311. The number of nitrogens with two attached hydrogens (primary N) is 1. The lowest BCUT2D eigenvalue weighted by atomic mass is 9.84. The molecular formula is C13H24N4. The van der Waals surface area contributed by atoms with Crippen LogP contribution in [0.25, 0.3) is 0 Å². The second-order valence-corrected chi connectivity index (χ2v) is 6.12. The van der Waals surface area contributed by atoms with Gasteiger partial charge < -0.3 is 5.32 Å². The third-order valence-electron chi connectivity index (χ3n) is 4.79. The van der Waals surface area contributed by atoms with Gasteiger partial charge in [0.1, 0.15) is 0 Å². The first-order valence-electron chi connectivity index (χ1n) is 7.07. The van der Waals surface area contributed by atoms with Gasteiger partial charge in [0.25, 0.3) is 0 Å². The van der Waals surface area contributed by atoms with Gasteiger partial charge in [-0.15, -0.1) is 0 Å². The normalized spacial score (nSPS) is 38.2. The zero-order valence-electron chi connectivity index (χ0n) is 10.7. The van der Waals surface area contributed by atoms with Gasteiger partial charge >= 0.3 is 0 Å². The van der Waals surface area contributed by atoms with Crippen molar-refractivity contribution in [3.05, 3.63) is 0 Å². The van der Waals surface area contributed by atoms with Crippen molar-refractivity contribution in [2.45, 2.75) is 57.5 Å². The summed E-state index contributed by atoms with van der Waals surface area (Å²) in [6, 6.07) is 1.01. The van der Waals surface area contributed by atoms with Crippen molar-refractivity contribution in [1.29, 1.82) is 0 Å². The van der Waals surface area contributed by atoms with Crippen LogP contribution in [0.5, 0.6) is 0 Å². The average Bonchev–Trinajstić information content (AvgIpc) is 2.90. The van der Waals surface area contributed by atoms with Crippen LogP contribution in [0.1, 0.15) is 45.4 Å². The summed E-state index contributed by atoms with van der Waals surface area (Å²) in [6.45, 7) is 2.28. The van der Waals surface area contributed by atoms with Crippen molar-refractivity contribution in [3.63, 3.8) is 0 Å². The van der Waals surface area contributed by atoms with Gasteiger partial charge in [0, 0.05) is 6.04 Å². The number of hydrazine groups is 1. The third kappa shape index (κ3) is 2.41. The van der Waals surface area contributed by atoms with E-state index in [-0.39, 0.29) is 0 Å². The molecule has 3 aliphatic rings. The van der Waals surface area contributed by atoms with Gasteiger partial charge in [-0.2, -0.15) is 0 Å². The average molecular weight is 236 g/mol. The zero-order chi connectivity index (χ0) is 11.8. The lowest BCUT2D eigenvalue weighted by Crippen LogP contribution is -2.48. The number of nitrogens with zero attached hydrogens (tertiary/aromatic N) is 1. The number of rotatable bonds is 3. The molecule has 0 aromatic heterocycles. The van der Waals surface area contributed by atoms with E-state index in [2.05, 4.69) is 22.7 Å². The van der Waals surface area contributed by atoms with Crippen LogP contribution in [0.3, 0.4) is 0 Å². The topological polar surface area (TPSA) is 62.4 Å². The van der Waals surface area contributed by atoms with Gasteiger partial charge in [-0.05, 0) is 56.8 Å². The Morgan fingerprint density at radius 3 is 2.59 bits per heavy atom. The number of nitrogens with one attached hydrogen (secondary N) is 2. The van der Waals surface area contributed by atoms with Gasteiger partial charge in [0.15, 0.2) is 0 Å². The lowest BCUT2D eigenvalue weighted by Gasteiger charge is -2.29. The molecule has 4 N–H and O–H groups in total. The van der Waals surface area contributed by atoms with E-state index < -0.39 is 0 Å². The van der Waals surface area contributed by atoms with Crippen LogP contribution in [-0.4, -0.2) is 18.0 Å². The first-order chi connectivity index (χ1) is 8.26. The smallest absolute Gasteiger partial charge is 0.206 e. The first kappa shape index (κ1) is 11.3. The number of hydrogen-bond donors (Lipinski definition) is 3. The van der Waals surface area contributed by atoms with Gasteiger partial charge in [-0.25, -0.2) is 10.8 Å². The Kier molecular flexibility index (Phi) is 2.99. The molecule has 0 amide bonds. The van der Waals surface area contributed by atoms with Gasteiger partial charge in [0.2, 0.25) is 5.96 Å². The second kappa shape index (κ2) is 4.48. The molecule has 2 bridgehead atoms. The quantitative estimate of drug-likeness (QED) is 0.300. The maximum atomic E-state index is 5.53. The molecule has 3 fully saturated rings. The van der Waals surface area contributed by atoms with Crippen LogP contribution in [-0.2, 0) is 0 Å². The van der Waals surface area contributed by atoms with Crippen molar-refractivity contribution in [1.82, 2.24) is 10.7 Å². The van der Waals surface area contributed by atoms with Crippen LogP contribution in [0.2, 0.25) is 0 Å². The molecule has 3 saturated carbocycles. The second-order valence-electron chi connectivity index (χ2n) is 6.12. The van der Waals surface area contributed by atoms with E-state index in [9.17, 15) is 0 Å². The van der Waals surface area contributed by atoms with E-state index in [1.807, 2.05) is 0 Å². The maximum Gasteiger partial charge on any atom is 0.206 e. The molecule has 4 unspecified atom stereocenters. The van der Waals surface area contributed by atoms with E-state index >= 15 is 0 Å². The molecule has 0 radical (unpaired) electrons. The van der Waals surface area contributed by atoms with E-state index in [1.165, 1.54) is 38.5 Å². The van der Waals surface area contributed by atoms with Gasteiger partial charge in [-0.3, -0.25) is 5.43 Å². The summed E-state index contributed by atoms with van der Waals surface area (Å²) in [6.07, 6.45) is 8.20. The molecule has 3 aliphatic carbocycles. The molecule has 0 aromatic carbocycles. The molecule has 4 heteroatoms. The number of hydrogen-bond acceptors (Lipinski definition) is 2. The zero-order valence-corrected chi connectivity index (χ0v) is 10.7. The maximum absolute atomic E-state index is 5.53. The highest BCUT2D eigenvalue weighted by Gasteiger charge is 2.42. The van der Waals surface area contributed by atoms with E-state index in [0.717, 1.165) is 23.7 Å². The van der Waals surface area contributed by atoms with Crippen LogP contribution >= 0.6 is 0 Å². The summed E-state index contributed by atoms with van der Waals surface area (Å²) >= 11 is 0. The predicted molar refractivity (Wildman–Crippen MR) is 69.3 cm³/mol. The van der Waals surface area contributed by atoms with Crippen LogP contribution < -0.4 is 16.6 Å². The van der Waals surface area contributed by atoms with Gasteiger partial charge in [-0.1, -0.05) is 6.42 Å². The van der Waals surface area contributed by atoms with E-state index in [1.54, 1.807) is 0 Å². The van der Waals surface area contributed by atoms with E-state index in [4.69, 9.17) is 5.84 Å². The highest BCUT2D eigenvalue weighted by Crippen LogP contribution is 2.49. The fourth-order valence-electron chi connectivity index (χ4n) is 3.73. The summed E-state index contributed by atoms with van der Waals surface area (Å²) in [5.41, 5.74) is 2.71. The largest absolute Gasteiger partial charge is 0.353 e. The highest BCUT2D eigenvalue weighted by molar-refractivity contribution is 5.79. The summed E-state index contributed by atoms with van der Waals surface area (Å²) in [5, 5.41) is 3.48. The fraction of sp³-hybridized carbons (Fsp3) is 0.923. The minimum atomic E-state index is 0.499. The van der Waals surface area contributed by atoms with Gasteiger partial charge in [0.05, 0.1) is 6.04 Å². The molecule has 96 valence electrons. The fourth-order valence-corrected chi connectivity index (χ4v) is 3.73. The molecule has 0 spiro atoms. The minimum Gasteiger partial charge on any atom is -0.353 e. The van der Waals surface area contributed by atoms with Crippen LogP contribution in [0.4, 0.5) is 0 Å². The number of fused-ring (bicyclic) bond motifs is 2. The Labute approximate surface area is 103 Å². The van der Waals surface area contributed by atoms with Crippen molar-refractivity contribution >= 4 is 5.96 Å². The number of guanidine groups is 1. The molecule has 17 heavy (non-hydrogen) atoms. The molecule has 0 heterocycles. The molecule has 0 saturated heterocycles. The minimum absolute atomic E-state index is 0.499. The Balaban J connectivity index is 1.56. The molecular weight excluding hydrogens is 212 g/mol. The highest BCUT2D eigenvalue weighted by atomic mass is 15.3. The van der Waals surface area contributed by atoms with Crippen molar-refractivity contribution in [3.8, 4) is 0 Å². The standard InChI is InChI=1S/C13H24N4/c1-8(12-7-9-2-3-10(12)6-9)15-13(17-14)16-11-4-5-11/h8-12H,2-7,14H2,1H3,(H2,15,16,17). The molecule has 0 aliphatic heterocycles.